The Morgan fingerprint density at radius 3 is 2.68 bits per heavy atom. The maximum Gasteiger partial charge on any atom is 0.433 e. The number of pyridine rings is 1. The van der Waals surface area contributed by atoms with Crippen LogP contribution in [0.1, 0.15) is 32.8 Å². The van der Waals surface area contributed by atoms with E-state index in [0.717, 1.165) is 6.20 Å². The maximum absolute atomic E-state index is 13.5. The van der Waals surface area contributed by atoms with E-state index in [-0.39, 0.29) is 38.6 Å². The largest absolute Gasteiger partial charge is 0.464 e. The minimum absolute atomic E-state index is 0.00320. The van der Waals surface area contributed by atoms with Crippen LogP contribution in [0.5, 0.6) is 0 Å². The van der Waals surface area contributed by atoms with Gasteiger partial charge in [0.05, 0.1) is 16.9 Å². The van der Waals surface area contributed by atoms with Gasteiger partial charge in [-0.25, -0.2) is 4.98 Å². The number of aromatic nitrogens is 3. The van der Waals surface area contributed by atoms with Gasteiger partial charge in [-0.1, -0.05) is 0 Å². The average molecular weight is 494 g/mol. The summed E-state index contributed by atoms with van der Waals surface area (Å²) in [6.07, 6.45) is -2.53. The summed E-state index contributed by atoms with van der Waals surface area (Å²) >= 11 is 0.530. The molecule has 0 atom stereocenters. The molecule has 0 aliphatic rings. The van der Waals surface area contributed by atoms with Gasteiger partial charge in [-0.05, 0) is 25.1 Å². The van der Waals surface area contributed by atoms with Crippen LogP contribution in [0.4, 0.5) is 24.5 Å². The number of thiophene rings is 1. The zero-order valence-corrected chi connectivity index (χ0v) is 17.9. The second-order valence-corrected chi connectivity index (χ2v) is 7.81. The number of alkyl halides is 3. The molecular weight excluding hydrogens is 481 g/mol. The van der Waals surface area contributed by atoms with Crippen molar-refractivity contribution in [1.82, 2.24) is 14.8 Å². The second-order valence-electron chi connectivity index (χ2n) is 6.81. The lowest BCUT2D eigenvalue weighted by molar-refractivity contribution is -0.385. The first-order valence-electron chi connectivity index (χ1n) is 9.42. The molecule has 15 heteroatoms. The van der Waals surface area contributed by atoms with E-state index < -0.39 is 40.0 Å². The lowest BCUT2D eigenvalue weighted by Crippen LogP contribution is -2.18. The number of halogens is 3. The minimum Gasteiger partial charge on any atom is -0.464 e. The number of rotatable bonds is 6. The molecule has 4 aromatic rings. The molecule has 0 fully saturated rings. The molecule has 0 aliphatic carbocycles. The van der Waals surface area contributed by atoms with Crippen molar-refractivity contribution in [3.05, 3.63) is 57.0 Å². The number of furan rings is 1. The Kier molecular flexibility index (Phi) is 5.56. The molecule has 0 aromatic carbocycles. The maximum atomic E-state index is 13.5. The predicted octanol–water partition coefficient (Wildman–Crippen LogP) is 4.05. The van der Waals surface area contributed by atoms with Crippen molar-refractivity contribution in [3.8, 4) is 11.3 Å². The van der Waals surface area contributed by atoms with E-state index in [0.29, 0.717) is 17.4 Å². The number of nitrogens with zero attached hydrogens (tertiary/aromatic N) is 4. The summed E-state index contributed by atoms with van der Waals surface area (Å²) in [5.74, 6) is -2.11. The van der Waals surface area contributed by atoms with E-state index >= 15 is 0 Å². The number of fused-ring (bicyclic) bond motifs is 1. The van der Waals surface area contributed by atoms with Crippen LogP contribution < -0.4 is 11.1 Å². The van der Waals surface area contributed by atoms with Crippen LogP contribution in [0.3, 0.4) is 0 Å². The fourth-order valence-electron chi connectivity index (χ4n) is 3.20. The number of carbonyl (C=O) groups is 2. The molecule has 3 N–H and O–H groups in total. The van der Waals surface area contributed by atoms with Gasteiger partial charge in [0.1, 0.15) is 27.4 Å². The van der Waals surface area contributed by atoms with E-state index in [1.807, 2.05) is 0 Å². The Labute approximate surface area is 191 Å². The van der Waals surface area contributed by atoms with E-state index in [4.69, 9.17) is 10.2 Å². The number of hydrogen-bond acceptors (Lipinski definition) is 8. The third kappa shape index (κ3) is 3.96. The van der Waals surface area contributed by atoms with Gasteiger partial charge in [0.25, 0.3) is 11.8 Å². The van der Waals surface area contributed by atoms with Gasteiger partial charge < -0.3 is 15.5 Å². The van der Waals surface area contributed by atoms with Gasteiger partial charge >= 0.3 is 11.9 Å². The molecule has 0 bridgehead atoms. The van der Waals surface area contributed by atoms with Gasteiger partial charge in [-0.2, -0.15) is 18.3 Å². The molecule has 34 heavy (non-hydrogen) atoms. The summed E-state index contributed by atoms with van der Waals surface area (Å²) in [5.41, 5.74) is 2.63. The van der Waals surface area contributed by atoms with Crippen molar-refractivity contribution < 1.29 is 32.1 Å². The van der Waals surface area contributed by atoms with E-state index in [2.05, 4.69) is 15.4 Å². The van der Waals surface area contributed by atoms with Crippen LogP contribution >= 0.6 is 11.3 Å². The molecule has 0 saturated heterocycles. The standard InChI is InChI=1S/C19H13F3N6O5S/c1-2-27-7-9(28(31)32)13(26-27)17(30)25-14-12-8(10-4-3-5-33-10)6-11(19(20,21)22)24-18(12)34-15(14)16(23)29/h3-7H,2H2,1H3,(H2,23,29)(H,25,30). The topological polar surface area (TPSA) is 159 Å². The SMILES string of the molecule is CCn1cc([N+](=O)[O-])c(C(=O)Nc2c(C(N)=O)sc3nc(C(F)(F)F)cc(-c4ccco4)c23)n1. The van der Waals surface area contributed by atoms with Gasteiger partial charge in [0, 0.05) is 17.5 Å². The van der Waals surface area contributed by atoms with Gasteiger partial charge in [-0.3, -0.25) is 24.4 Å². The first kappa shape index (κ1) is 22.9. The lowest BCUT2D eigenvalue weighted by atomic mass is 10.1. The van der Waals surface area contributed by atoms with Gasteiger partial charge in [0.2, 0.25) is 5.69 Å². The Bertz CT molecular complexity index is 1440. The zero-order chi connectivity index (χ0) is 24.8. The highest BCUT2D eigenvalue weighted by Gasteiger charge is 2.36. The zero-order valence-electron chi connectivity index (χ0n) is 17.0. The quantitative estimate of drug-likeness (QED) is 0.302. The Hall–Kier alpha value is -4.27. The molecule has 4 heterocycles. The third-order valence-electron chi connectivity index (χ3n) is 4.68. The fourth-order valence-corrected chi connectivity index (χ4v) is 4.21. The molecule has 0 radical (unpaired) electrons. The summed E-state index contributed by atoms with van der Waals surface area (Å²) in [4.78, 5) is 38.6. The third-order valence-corrected chi connectivity index (χ3v) is 5.78. The molecule has 0 saturated carbocycles. The van der Waals surface area contributed by atoms with Crippen LogP contribution in [0.25, 0.3) is 21.5 Å². The van der Waals surface area contributed by atoms with E-state index in [1.54, 1.807) is 6.92 Å². The Morgan fingerprint density at radius 2 is 2.12 bits per heavy atom. The van der Waals surface area contributed by atoms with Crippen molar-refractivity contribution in [3.63, 3.8) is 0 Å². The summed E-state index contributed by atoms with van der Waals surface area (Å²) in [6.45, 7) is 1.88. The summed E-state index contributed by atoms with van der Waals surface area (Å²) < 4.78 is 46.8. The van der Waals surface area contributed by atoms with Crippen molar-refractivity contribution >= 4 is 44.7 Å². The molecule has 4 aromatic heterocycles. The van der Waals surface area contributed by atoms with Gasteiger partial charge in [0.15, 0.2) is 0 Å². The number of nitrogens with one attached hydrogen (secondary N) is 1. The molecule has 2 amide bonds. The molecule has 11 nitrogen and oxygen atoms in total. The highest BCUT2D eigenvalue weighted by molar-refractivity contribution is 7.21. The first-order chi connectivity index (χ1) is 16.0. The number of anilines is 1. The number of primary amides is 1. The number of nitrogens with two attached hydrogens (primary N) is 1. The highest BCUT2D eigenvalue weighted by Crippen LogP contribution is 2.44. The molecule has 0 spiro atoms. The normalized spacial score (nSPS) is 11.6. The summed E-state index contributed by atoms with van der Waals surface area (Å²) in [5, 5.41) is 17.5. The predicted molar refractivity (Wildman–Crippen MR) is 113 cm³/mol. The Morgan fingerprint density at radius 1 is 1.38 bits per heavy atom. The number of carbonyl (C=O) groups excluding carboxylic acids is 2. The number of amides is 2. The van der Waals surface area contributed by atoms with Crippen LogP contribution in [0.2, 0.25) is 0 Å². The monoisotopic (exact) mass is 494 g/mol. The van der Waals surface area contributed by atoms with Crippen molar-refractivity contribution in [2.24, 2.45) is 5.73 Å². The molecule has 176 valence electrons. The Balaban J connectivity index is 1.95. The first-order valence-corrected chi connectivity index (χ1v) is 10.2. The fraction of sp³-hybridized carbons (Fsp3) is 0.158. The summed E-state index contributed by atoms with van der Waals surface area (Å²) in [7, 11) is 0. The van der Waals surface area contributed by atoms with Crippen LogP contribution in [-0.2, 0) is 12.7 Å². The number of hydrogen-bond donors (Lipinski definition) is 2. The van der Waals surface area contributed by atoms with E-state index in [9.17, 15) is 32.9 Å². The molecule has 0 aliphatic heterocycles. The smallest absolute Gasteiger partial charge is 0.433 e. The lowest BCUT2D eigenvalue weighted by Gasteiger charge is -2.10. The van der Waals surface area contributed by atoms with Crippen molar-refractivity contribution in [1.29, 1.82) is 0 Å². The van der Waals surface area contributed by atoms with Gasteiger partial charge in [-0.15, -0.1) is 11.3 Å². The second kappa shape index (κ2) is 8.26. The number of nitro groups is 1. The summed E-state index contributed by atoms with van der Waals surface area (Å²) in [6, 6.07) is 3.54. The number of aryl methyl sites for hydroxylation is 1. The average Bonchev–Trinajstić information content (AvgIpc) is 3.50. The van der Waals surface area contributed by atoms with Crippen molar-refractivity contribution in [2.75, 3.05) is 5.32 Å². The molecular formula is C19H13F3N6O5S. The molecule has 4 rings (SSSR count). The van der Waals surface area contributed by atoms with Crippen LogP contribution in [0, 0.1) is 10.1 Å². The molecule has 0 unspecified atom stereocenters. The minimum atomic E-state index is -4.82. The van der Waals surface area contributed by atoms with Crippen LogP contribution in [0.15, 0.2) is 35.1 Å². The highest BCUT2D eigenvalue weighted by atomic mass is 32.1. The van der Waals surface area contributed by atoms with Crippen molar-refractivity contribution in [2.45, 2.75) is 19.6 Å². The van der Waals surface area contributed by atoms with E-state index in [1.165, 1.54) is 23.1 Å². The van der Waals surface area contributed by atoms with Crippen LogP contribution in [-0.4, -0.2) is 31.5 Å².